The first-order valence-electron chi connectivity index (χ1n) is 9.56. The lowest BCUT2D eigenvalue weighted by Crippen LogP contribution is -2.28. The highest BCUT2D eigenvalue weighted by Crippen LogP contribution is 2.47. The van der Waals surface area contributed by atoms with E-state index in [1.54, 1.807) is 11.6 Å². The zero-order chi connectivity index (χ0) is 19.5. The van der Waals surface area contributed by atoms with Gasteiger partial charge in [-0.25, -0.2) is 18.4 Å². The quantitative estimate of drug-likeness (QED) is 0.737. The zero-order valence-corrected chi connectivity index (χ0v) is 15.4. The average Bonchev–Trinajstić information content (AvgIpc) is 3.21. The molecule has 0 aromatic carbocycles. The fourth-order valence-corrected chi connectivity index (χ4v) is 4.25. The SMILES string of the molecule is Cc1nnc([C@H]2CC[C@H]2c2nc3c(cnn3C3CCC(F)(F)CC3)c(=O)[nH]2)o1. The van der Waals surface area contributed by atoms with Crippen LogP contribution in [-0.4, -0.2) is 35.9 Å². The van der Waals surface area contributed by atoms with Crippen LogP contribution in [0.25, 0.3) is 11.0 Å². The van der Waals surface area contributed by atoms with Gasteiger partial charge in [0.05, 0.1) is 12.2 Å². The summed E-state index contributed by atoms with van der Waals surface area (Å²) in [6, 6.07) is -0.171. The van der Waals surface area contributed by atoms with Crippen molar-refractivity contribution in [3.63, 3.8) is 0 Å². The van der Waals surface area contributed by atoms with Crippen LogP contribution in [0.1, 0.15) is 74.0 Å². The lowest BCUT2D eigenvalue weighted by molar-refractivity contribution is -0.0446. The second-order valence-corrected chi connectivity index (χ2v) is 7.81. The molecule has 1 N–H and O–H groups in total. The topological polar surface area (TPSA) is 102 Å². The van der Waals surface area contributed by atoms with Crippen LogP contribution in [0.3, 0.4) is 0 Å². The minimum Gasteiger partial charge on any atom is -0.425 e. The summed E-state index contributed by atoms with van der Waals surface area (Å²) in [7, 11) is 0. The summed E-state index contributed by atoms with van der Waals surface area (Å²) in [4.78, 5) is 20.1. The van der Waals surface area contributed by atoms with Crippen molar-refractivity contribution in [2.24, 2.45) is 0 Å². The van der Waals surface area contributed by atoms with Gasteiger partial charge in [-0.2, -0.15) is 5.10 Å². The van der Waals surface area contributed by atoms with Gasteiger partial charge in [0.2, 0.25) is 17.7 Å². The molecule has 2 aliphatic carbocycles. The van der Waals surface area contributed by atoms with E-state index in [9.17, 15) is 13.6 Å². The first-order valence-corrected chi connectivity index (χ1v) is 9.56. The van der Waals surface area contributed by atoms with Gasteiger partial charge < -0.3 is 9.40 Å². The third-order valence-electron chi connectivity index (χ3n) is 6.00. The van der Waals surface area contributed by atoms with Crippen molar-refractivity contribution in [1.82, 2.24) is 29.9 Å². The number of nitrogens with one attached hydrogen (secondary N) is 1. The first kappa shape index (κ1) is 17.4. The summed E-state index contributed by atoms with van der Waals surface area (Å²) in [5, 5.41) is 12.7. The van der Waals surface area contributed by atoms with E-state index in [0.29, 0.717) is 41.5 Å². The number of rotatable bonds is 3. The van der Waals surface area contributed by atoms with E-state index < -0.39 is 5.92 Å². The monoisotopic (exact) mass is 390 g/mol. The van der Waals surface area contributed by atoms with E-state index >= 15 is 0 Å². The molecule has 0 saturated heterocycles. The summed E-state index contributed by atoms with van der Waals surface area (Å²) in [6.45, 7) is 1.74. The standard InChI is InChI=1S/C18H20F2N6O2/c1-9-24-25-17(28-9)12-3-2-11(12)14-22-15-13(16(27)23-14)8-21-26(15)10-4-6-18(19,20)7-5-10/h8,10-12H,2-7H2,1H3,(H,22,23,27)/t11-,12+/m1/s1. The van der Waals surface area contributed by atoms with Crippen LogP contribution < -0.4 is 5.56 Å². The van der Waals surface area contributed by atoms with Crippen molar-refractivity contribution in [1.29, 1.82) is 0 Å². The highest BCUT2D eigenvalue weighted by molar-refractivity contribution is 5.73. The number of fused-ring (bicyclic) bond motifs is 1. The lowest BCUT2D eigenvalue weighted by Gasteiger charge is -2.33. The zero-order valence-electron chi connectivity index (χ0n) is 15.4. The van der Waals surface area contributed by atoms with Crippen LogP contribution in [0, 0.1) is 6.92 Å². The highest BCUT2D eigenvalue weighted by atomic mass is 19.3. The molecular formula is C18H20F2N6O2. The van der Waals surface area contributed by atoms with Gasteiger partial charge in [0.25, 0.3) is 5.56 Å². The molecule has 2 saturated carbocycles. The third-order valence-corrected chi connectivity index (χ3v) is 6.00. The normalized spacial score (nSPS) is 25.1. The number of hydrogen-bond acceptors (Lipinski definition) is 6. The van der Waals surface area contributed by atoms with Gasteiger partial charge >= 0.3 is 0 Å². The van der Waals surface area contributed by atoms with Crippen LogP contribution >= 0.6 is 0 Å². The molecule has 0 radical (unpaired) electrons. The molecule has 2 fully saturated rings. The largest absolute Gasteiger partial charge is 0.425 e. The number of alkyl halides is 2. The van der Waals surface area contributed by atoms with Gasteiger partial charge in [0, 0.05) is 31.6 Å². The van der Waals surface area contributed by atoms with Crippen LogP contribution in [0.4, 0.5) is 8.78 Å². The molecule has 0 spiro atoms. The average molecular weight is 390 g/mol. The molecule has 28 heavy (non-hydrogen) atoms. The molecule has 3 heterocycles. The Bertz CT molecular complexity index is 1080. The van der Waals surface area contributed by atoms with Crippen molar-refractivity contribution in [2.75, 3.05) is 0 Å². The van der Waals surface area contributed by atoms with Crippen LogP contribution in [0.2, 0.25) is 0 Å². The molecular weight excluding hydrogens is 370 g/mol. The number of halogens is 2. The van der Waals surface area contributed by atoms with Gasteiger partial charge in [-0.1, -0.05) is 0 Å². The van der Waals surface area contributed by atoms with Gasteiger partial charge in [0.1, 0.15) is 11.2 Å². The Labute approximate surface area is 158 Å². The van der Waals surface area contributed by atoms with Crippen molar-refractivity contribution < 1.29 is 13.2 Å². The second kappa shape index (κ2) is 6.18. The molecule has 0 aliphatic heterocycles. The number of hydrogen-bond donors (Lipinski definition) is 1. The summed E-state index contributed by atoms with van der Waals surface area (Å²) < 4.78 is 34.2. The Balaban J connectivity index is 1.49. The smallest absolute Gasteiger partial charge is 0.262 e. The van der Waals surface area contributed by atoms with Crippen molar-refractivity contribution in [2.45, 2.75) is 69.2 Å². The Hall–Kier alpha value is -2.65. The molecule has 3 aromatic heterocycles. The van der Waals surface area contributed by atoms with Gasteiger partial charge in [0.15, 0.2) is 5.65 Å². The number of nitrogens with zero attached hydrogens (tertiary/aromatic N) is 5. The van der Waals surface area contributed by atoms with E-state index in [4.69, 9.17) is 4.42 Å². The van der Waals surface area contributed by atoms with E-state index in [1.165, 1.54) is 6.20 Å². The first-order chi connectivity index (χ1) is 13.4. The number of H-pyrrole nitrogens is 1. The maximum atomic E-state index is 13.5. The third kappa shape index (κ3) is 2.82. The molecule has 2 aliphatic rings. The predicted molar refractivity (Wildman–Crippen MR) is 94.4 cm³/mol. The summed E-state index contributed by atoms with van der Waals surface area (Å²) >= 11 is 0. The van der Waals surface area contributed by atoms with Crippen LogP contribution in [-0.2, 0) is 0 Å². The number of aryl methyl sites for hydroxylation is 1. The van der Waals surface area contributed by atoms with Gasteiger partial charge in [-0.05, 0) is 25.7 Å². The Morgan fingerprint density at radius 2 is 1.93 bits per heavy atom. The molecule has 0 bridgehead atoms. The Morgan fingerprint density at radius 3 is 2.57 bits per heavy atom. The Kier molecular flexibility index (Phi) is 3.85. The second-order valence-electron chi connectivity index (χ2n) is 7.81. The summed E-state index contributed by atoms with van der Waals surface area (Å²) in [5.41, 5.74) is 0.195. The van der Waals surface area contributed by atoms with E-state index in [1.807, 2.05) is 0 Å². The fourth-order valence-electron chi connectivity index (χ4n) is 4.25. The predicted octanol–water partition coefficient (Wildman–Crippen LogP) is 3.22. The molecule has 5 rings (SSSR count). The molecule has 0 unspecified atom stereocenters. The van der Waals surface area contributed by atoms with E-state index in [-0.39, 0.29) is 36.3 Å². The molecule has 8 nitrogen and oxygen atoms in total. The maximum Gasteiger partial charge on any atom is 0.262 e. The molecule has 0 amide bonds. The lowest BCUT2D eigenvalue weighted by atomic mass is 9.73. The van der Waals surface area contributed by atoms with Gasteiger partial charge in [-0.15, -0.1) is 10.2 Å². The molecule has 10 heteroatoms. The van der Waals surface area contributed by atoms with E-state index in [2.05, 4.69) is 25.3 Å². The molecule has 148 valence electrons. The van der Waals surface area contributed by atoms with Crippen molar-refractivity contribution in [3.05, 3.63) is 34.2 Å². The minimum absolute atomic E-state index is 0.0176. The van der Waals surface area contributed by atoms with Crippen LogP contribution in [0.5, 0.6) is 0 Å². The summed E-state index contributed by atoms with van der Waals surface area (Å²) in [5.74, 6) is -0.990. The Morgan fingerprint density at radius 1 is 1.18 bits per heavy atom. The van der Waals surface area contributed by atoms with Crippen LogP contribution in [0.15, 0.2) is 15.4 Å². The van der Waals surface area contributed by atoms with Crippen molar-refractivity contribution in [3.8, 4) is 0 Å². The van der Waals surface area contributed by atoms with E-state index in [0.717, 1.165) is 12.8 Å². The summed E-state index contributed by atoms with van der Waals surface area (Å²) in [6.07, 6.45) is 3.50. The fraction of sp³-hybridized carbons (Fsp3) is 0.611. The molecule has 2 atom stereocenters. The minimum atomic E-state index is -2.61. The highest BCUT2D eigenvalue weighted by Gasteiger charge is 2.40. The van der Waals surface area contributed by atoms with Gasteiger partial charge in [-0.3, -0.25) is 4.79 Å². The molecule has 3 aromatic rings. The number of aromatic nitrogens is 6. The number of aromatic amines is 1. The maximum absolute atomic E-state index is 13.5. The van der Waals surface area contributed by atoms with Crippen molar-refractivity contribution >= 4 is 11.0 Å².